The van der Waals surface area contributed by atoms with Crippen LogP contribution in [0.2, 0.25) is 0 Å². The molecule has 2 N–H and O–H groups in total. The van der Waals surface area contributed by atoms with Crippen molar-refractivity contribution in [3.8, 4) is 5.88 Å². The summed E-state index contributed by atoms with van der Waals surface area (Å²) in [4.78, 5) is 34.0. The van der Waals surface area contributed by atoms with Crippen molar-refractivity contribution in [1.29, 1.82) is 0 Å². The van der Waals surface area contributed by atoms with Crippen molar-refractivity contribution in [3.63, 3.8) is 0 Å². The maximum absolute atomic E-state index is 12.9. The Morgan fingerprint density at radius 2 is 1.83 bits per heavy atom. The lowest BCUT2D eigenvalue weighted by Crippen LogP contribution is -2.55. The first kappa shape index (κ1) is 23.1. The van der Waals surface area contributed by atoms with E-state index in [9.17, 15) is 9.59 Å². The fraction of sp³-hybridized carbons (Fsp3) is 0.391. The molecular formula is C23H30N4O3. The zero-order valence-corrected chi connectivity index (χ0v) is 18.2. The third kappa shape index (κ3) is 6.40. The molecule has 0 saturated heterocycles. The number of carbonyl (C=O) groups is 2. The molecule has 30 heavy (non-hydrogen) atoms. The van der Waals surface area contributed by atoms with E-state index in [1.165, 1.54) is 0 Å². The summed E-state index contributed by atoms with van der Waals surface area (Å²) >= 11 is 0. The van der Waals surface area contributed by atoms with Gasteiger partial charge in [-0.2, -0.15) is 0 Å². The molecule has 1 aromatic heterocycles. The third-order valence-corrected chi connectivity index (χ3v) is 4.53. The lowest BCUT2D eigenvalue weighted by Gasteiger charge is -2.30. The van der Waals surface area contributed by atoms with E-state index < -0.39 is 11.5 Å². The summed E-state index contributed by atoms with van der Waals surface area (Å²) in [5.74, 6) is -0.165. The maximum atomic E-state index is 12.9. The molecule has 7 heteroatoms. The molecule has 7 nitrogen and oxygen atoms in total. The Morgan fingerprint density at radius 3 is 2.43 bits per heavy atom. The van der Waals surface area contributed by atoms with Crippen LogP contribution >= 0.6 is 0 Å². The van der Waals surface area contributed by atoms with Gasteiger partial charge in [0.15, 0.2) is 0 Å². The minimum atomic E-state index is -0.736. The molecule has 160 valence electrons. The smallest absolute Gasteiger partial charge is 0.270 e. The molecule has 2 aromatic rings. The van der Waals surface area contributed by atoms with Crippen LogP contribution < -0.4 is 15.4 Å². The second kappa shape index (κ2) is 10.5. The van der Waals surface area contributed by atoms with Crippen molar-refractivity contribution < 1.29 is 14.3 Å². The van der Waals surface area contributed by atoms with Crippen LogP contribution in [-0.4, -0.2) is 48.8 Å². The molecule has 1 atom stereocenters. The van der Waals surface area contributed by atoms with Gasteiger partial charge in [-0.05, 0) is 24.0 Å². The molecule has 0 saturated carbocycles. The van der Waals surface area contributed by atoms with Gasteiger partial charge in [0.25, 0.3) is 5.91 Å². The minimum absolute atomic E-state index is 0.276. The molecule has 0 aliphatic rings. The van der Waals surface area contributed by atoms with Gasteiger partial charge < -0.3 is 15.4 Å². The van der Waals surface area contributed by atoms with Crippen LogP contribution in [0.15, 0.2) is 53.7 Å². The van der Waals surface area contributed by atoms with Crippen molar-refractivity contribution in [2.45, 2.75) is 33.7 Å². The molecule has 0 bridgehead atoms. The average molecular weight is 411 g/mol. The van der Waals surface area contributed by atoms with E-state index >= 15 is 0 Å². The van der Waals surface area contributed by atoms with Crippen LogP contribution in [-0.2, 0) is 9.59 Å². The van der Waals surface area contributed by atoms with Crippen molar-refractivity contribution >= 4 is 17.5 Å². The van der Waals surface area contributed by atoms with E-state index in [1.54, 1.807) is 25.4 Å². The Labute approximate surface area is 178 Å². The Balaban J connectivity index is 2.01. The van der Waals surface area contributed by atoms with Gasteiger partial charge in [-0.1, -0.05) is 51.1 Å². The van der Waals surface area contributed by atoms with Gasteiger partial charge in [-0.15, -0.1) is 0 Å². The maximum Gasteiger partial charge on any atom is 0.270 e. The van der Waals surface area contributed by atoms with Gasteiger partial charge in [0.05, 0.1) is 6.54 Å². The van der Waals surface area contributed by atoms with E-state index in [0.29, 0.717) is 18.1 Å². The summed E-state index contributed by atoms with van der Waals surface area (Å²) in [5.41, 5.74) is 1.49. The number of hydrogen-bond donors (Lipinski definition) is 2. The Morgan fingerprint density at radius 1 is 1.13 bits per heavy atom. The molecule has 0 spiro atoms. The molecule has 0 aliphatic carbocycles. The summed E-state index contributed by atoms with van der Waals surface area (Å²) in [7, 11) is 1.57. The van der Waals surface area contributed by atoms with E-state index in [0.717, 1.165) is 11.1 Å². The van der Waals surface area contributed by atoms with Crippen LogP contribution in [0.25, 0.3) is 0 Å². The molecule has 1 unspecified atom stereocenters. The third-order valence-electron chi connectivity index (χ3n) is 4.53. The second-order valence-electron chi connectivity index (χ2n) is 7.97. The SMILES string of the molecule is CN=C(C(=O)NC(C(=O)NCCOc1ccccn1)C(C)(C)C)c1ccccc1C. The van der Waals surface area contributed by atoms with Crippen LogP contribution in [0.4, 0.5) is 0 Å². The Kier molecular flexibility index (Phi) is 8.09. The molecule has 1 aromatic carbocycles. The number of amides is 2. The number of carbonyl (C=O) groups excluding carboxylic acids is 2. The quantitative estimate of drug-likeness (QED) is 0.517. The number of hydrogen-bond acceptors (Lipinski definition) is 5. The monoisotopic (exact) mass is 410 g/mol. The van der Waals surface area contributed by atoms with E-state index in [4.69, 9.17) is 4.74 Å². The number of nitrogens with one attached hydrogen (secondary N) is 2. The molecule has 2 amide bonds. The number of benzene rings is 1. The van der Waals surface area contributed by atoms with Crippen molar-refractivity contribution in [1.82, 2.24) is 15.6 Å². The molecule has 1 heterocycles. The number of nitrogens with zero attached hydrogens (tertiary/aromatic N) is 2. The predicted molar refractivity (Wildman–Crippen MR) is 118 cm³/mol. The van der Waals surface area contributed by atoms with Crippen LogP contribution in [0, 0.1) is 12.3 Å². The fourth-order valence-corrected chi connectivity index (χ4v) is 2.92. The van der Waals surface area contributed by atoms with Gasteiger partial charge in [0.1, 0.15) is 18.4 Å². The second-order valence-corrected chi connectivity index (χ2v) is 7.97. The number of aliphatic imine (C=N–C) groups is 1. The number of rotatable bonds is 8. The highest BCUT2D eigenvalue weighted by molar-refractivity contribution is 6.45. The molecule has 0 radical (unpaired) electrons. The number of aryl methyl sites for hydroxylation is 1. The Hall–Kier alpha value is -3.22. The van der Waals surface area contributed by atoms with Gasteiger partial charge in [0, 0.05) is 24.9 Å². The average Bonchev–Trinajstić information content (AvgIpc) is 2.71. The number of pyridine rings is 1. The summed E-state index contributed by atoms with van der Waals surface area (Å²) in [6, 6.07) is 12.2. The van der Waals surface area contributed by atoms with Crippen LogP contribution in [0.1, 0.15) is 31.9 Å². The lowest BCUT2D eigenvalue weighted by atomic mass is 9.85. The van der Waals surface area contributed by atoms with Gasteiger partial charge >= 0.3 is 0 Å². The fourth-order valence-electron chi connectivity index (χ4n) is 2.92. The topological polar surface area (TPSA) is 92.7 Å². The van der Waals surface area contributed by atoms with Crippen LogP contribution in [0.3, 0.4) is 0 Å². The zero-order chi connectivity index (χ0) is 22.1. The van der Waals surface area contributed by atoms with Crippen LogP contribution in [0.5, 0.6) is 5.88 Å². The molecular weight excluding hydrogens is 380 g/mol. The van der Waals surface area contributed by atoms with Crippen molar-refractivity contribution in [2.24, 2.45) is 10.4 Å². The first-order valence-electron chi connectivity index (χ1n) is 9.89. The molecule has 2 rings (SSSR count). The summed E-state index contributed by atoms with van der Waals surface area (Å²) in [6.45, 7) is 8.20. The minimum Gasteiger partial charge on any atom is -0.476 e. The van der Waals surface area contributed by atoms with E-state index in [1.807, 2.05) is 58.0 Å². The zero-order valence-electron chi connectivity index (χ0n) is 18.2. The highest BCUT2D eigenvalue weighted by Crippen LogP contribution is 2.20. The largest absolute Gasteiger partial charge is 0.476 e. The normalized spacial score (nSPS) is 12.8. The Bertz CT molecular complexity index is 889. The highest BCUT2D eigenvalue weighted by Gasteiger charge is 2.33. The van der Waals surface area contributed by atoms with E-state index in [2.05, 4.69) is 20.6 Å². The first-order valence-corrected chi connectivity index (χ1v) is 9.89. The van der Waals surface area contributed by atoms with E-state index in [-0.39, 0.29) is 18.4 Å². The van der Waals surface area contributed by atoms with Gasteiger partial charge in [-0.3, -0.25) is 14.6 Å². The first-order chi connectivity index (χ1) is 14.2. The standard InChI is InChI=1S/C23H30N4O3/c1-16-10-6-7-11-17(16)19(24-5)21(28)27-20(23(2,3)4)22(29)26-14-15-30-18-12-8-9-13-25-18/h6-13,20H,14-15H2,1-5H3,(H,26,29)(H,27,28). The summed E-state index contributed by atoms with van der Waals surface area (Å²) in [6.07, 6.45) is 1.64. The number of ether oxygens (including phenoxy) is 1. The molecule has 0 fully saturated rings. The van der Waals surface area contributed by atoms with Crippen molar-refractivity contribution in [3.05, 3.63) is 59.8 Å². The summed E-state index contributed by atoms with van der Waals surface area (Å²) < 4.78 is 5.50. The predicted octanol–water partition coefficient (Wildman–Crippen LogP) is 2.54. The lowest BCUT2D eigenvalue weighted by molar-refractivity contribution is -0.129. The highest BCUT2D eigenvalue weighted by atomic mass is 16.5. The summed E-state index contributed by atoms with van der Waals surface area (Å²) in [5, 5.41) is 5.68. The van der Waals surface area contributed by atoms with Crippen molar-refractivity contribution in [2.75, 3.05) is 20.2 Å². The van der Waals surface area contributed by atoms with Gasteiger partial charge in [0.2, 0.25) is 11.8 Å². The van der Waals surface area contributed by atoms with Gasteiger partial charge in [-0.25, -0.2) is 4.98 Å². The number of aromatic nitrogens is 1. The molecule has 0 aliphatic heterocycles.